The van der Waals surface area contributed by atoms with Crippen molar-refractivity contribution in [3.8, 4) is 0 Å². The molecule has 2 aliphatic rings. The highest BCUT2D eigenvalue weighted by Gasteiger charge is 2.30. The molecule has 0 bridgehead atoms. The van der Waals surface area contributed by atoms with Gasteiger partial charge in [0.2, 0.25) is 0 Å². The minimum Gasteiger partial charge on any atom is -0.504 e. The maximum absolute atomic E-state index is 11.5. The lowest BCUT2D eigenvalue weighted by atomic mass is 9.95. The Morgan fingerprint density at radius 3 is 2.87 bits per heavy atom. The number of fused-ring (bicyclic) bond motifs is 1. The predicted octanol–water partition coefficient (Wildman–Crippen LogP) is 0.988. The summed E-state index contributed by atoms with van der Waals surface area (Å²) >= 11 is 0. The number of carbonyl (C=O) groups is 1. The van der Waals surface area contributed by atoms with E-state index in [4.69, 9.17) is 4.74 Å². The standard InChI is InChI=1S/C10H10N2O3/c1-5-11-7-4-9(15-2)8(13)3-6(7)10(14)12-5/h3-4,6,13H,1-2H3. The molecule has 1 unspecified atom stereocenters. The number of hydrogen-bond donors (Lipinski definition) is 1. The summed E-state index contributed by atoms with van der Waals surface area (Å²) in [5.41, 5.74) is 0.558. The third-order valence-electron chi connectivity index (χ3n) is 2.22. The quantitative estimate of drug-likeness (QED) is 0.695. The number of nitrogens with zero attached hydrogens (tertiary/aromatic N) is 2. The van der Waals surface area contributed by atoms with Crippen LogP contribution in [0, 0.1) is 5.92 Å². The van der Waals surface area contributed by atoms with E-state index in [2.05, 4.69) is 9.98 Å². The van der Waals surface area contributed by atoms with Crippen LogP contribution in [0.15, 0.2) is 33.7 Å². The van der Waals surface area contributed by atoms with Gasteiger partial charge >= 0.3 is 0 Å². The predicted molar refractivity (Wildman–Crippen MR) is 54.8 cm³/mol. The van der Waals surface area contributed by atoms with E-state index in [-0.39, 0.29) is 11.7 Å². The normalized spacial score (nSPS) is 24.7. The Labute approximate surface area is 86.5 Å². The van der Waals surface area contributed by atoms with Gasteiger partial charge in [-0.3, -0.25) is 4.79 Å². The van der Waals surface area contributed by atoms with E-state index in [1.807, 2.05) is 0 Å². The fraction of sp³-hybridized carbons (Fsp3) is 0.300. The molecule has 5 heteroatoms. The summed E-state index contributed by atoms with van der Waals surface area (Å²) < 4.78 is 4.93. The van der Waals surface area contributed by atoms with E-state index >= 15 is 0 Å². The lowest BCUT2D eigenvalue weighted by Crippen LogP contribution is -2.28. The van der Waals surface area contributed by atoms with Crippen molar-refractivity contribution in [2.24, 2.45) is 15.9 Å². The van der Waals surface area contributed by atoms with Crippen molar-refractivity contribution in [1.82, 2.24) is 0 Å². The van der Waals surface area contributed by atoms with Crippen LogP contribution < -0.4 is 0 Å². The molecule has 1 heterocycles. The third-order valence-corrected chi connectivity index (χ3v) is 2.22. The zero-order valence-corrected chi connectivity index (χ0v) is 8.39. The van der Waals surface area contributed by atoms with Crippen molar-refractivity contribution in [3.63, 3.8) is 0 Å². The van der Waals surface area contributed by atoms with Gasteiger partial charge < -0.3 is 9.84 Å². The Morgan fingerprint density at radius 2 is 2.20 bits per heavy atom. The molecule has 2 rings (SSSR count). The lowest BCUT2D eigenvalue weighted by molar-refractivity contribution is -0.118. The number of amides is 1. The minimum atomic E-state index is -0.576. The number of carbonyl (C=O) groups excluding carboxylic acids is 1. The van der Waals surface area contributed by atoms with Gasteiger partial charge in [-0.1, -0.05) is 0 Å². The number of allylic oxidation sites excluding steroid dienone is 1. The molecule has 78 valence electrons. The second-order valence-electron chi connectivity index (χ2n) is 3.28. The Balaban J connectivity index is 2.46. The van der Waals surface area contributed by atoms with E-state index in [9.17, 15) is 9.90 Å². The summed E-state index contributed by atoms with van der Waals surface area (Å²) in [6, 6.07) is 0. The average molecular weight is 206 g/mol. The van der Waals surface area contributed by atoms with Crippen LogP contribution in [0.25, 0.3) is 0 Å². The van der Waals surface area contributed by atoms with E-state index in [0.29, 0.717) is 17.3 Å². The Morgan fingerprint density at radius 1 is 1.47 bits per heavy atom. The van der Waals surface area contributed by atoms with Crippen LogP contribution in [0.3, 0.4) is 0 Å². The van der Waals surface area contributed by atoms with Crippen molar-refractivity contribution in [1.29, 1.82) is 0 Å². The van der Waals surface area contributed by atoms with Gasteiger partial charge in [-0.25, -0.2) is 4.99 Å². The molecule has 1 atom stereocenters. The van der Waals surface area contributed by atoms with Crippen molar-refractivity contribution >= 4 is 17.5 Å². The van der Waals surface area contributed by atoms with Crippen LogP contribution in [-0.4, -0.2) is 29.7 Å². The lowest BCUT2D eigenvalue weighted by Gasteiger charge is -2.20. The average Bonchev–Trinajstić information content (AvgIpc) is 2.18. The highest BCUT2D eigenvalue weighted by atomic mass is 16.5. The number of aliphatic imine (C=N–C) groups is 2. The molecular formula is C10H10N2O3. The molecule has 0 aromatic rings. The van der Waals surface area contributed by atoms with Crippen LogP contribution in [0.2, 0.25) is 0 Å². The number of ether oxygens (including phenoxy) is 1. The molecule has 1 aliphatic heterocycles. The fourth-order valence-corrected chi connectivity index (χ4v) is 1.53. The second kappa shape index (κ2) is 3.34. The van der Waals surface area contributed by atoms with Crippen LogP contribution in [-0.2, 0) is 9.53 Å². The summed E-state index contributed by atoms with van der Waals surface area (Å²) in [7, 11) is 1.45. The molecule has 0 aromatic carbocycles. The summed E-state index contributed by atoms with van der Waals surface area (Å²) in [5.74, 6) is -0.201. The molecule has 0 saturated carbocycles. The van der Waals surface area contributed by atoms with E-state index in [1.54, 1.807) is 13.0 Å². The molecule has 0 radical (unpaired) electrons. The summed E-state index contributed by atoms with van der Waals surface area (Å²) in [4.78, 5) is 19.3. The Hall–Kier alpha value is -1.91. The monoisotopic (exact) mass is 206 g/mol. The zero-order chi connectivity index (χ0) is 11.0. The molecule has 15 heavy (non-hydrogen) atoms. The first-order valence-corrected chi connectivity index (χ1v) is 4.46. The van der Waals surface area contributed by atoms with Crippen molar-refractivity contribution in [2.75, 3.05) is 7.11 Å². The van der Waals surface area contributed by atoms with Crippen LogP contribution >= 0.6 is 0 Å². The maximum atomic E-state index is 11.5. The number of methoxy groups -OCH3 is 1. The van der Waals surface area contributed by atoms with Gasteiger partial charge in [-0.15, -0.1) is 0 Å². The maximum Gasteiger partial charge on any atom is 0.260 e. The molecule has 1 N–H and O–H groups in total. The van der Waals surface area contributed by atoms with E-state index < -0.39 is 5.92 Å². The molecule has 1 aliphatic carbocycles. The number of aliphatic hydroxyl groups is 1. The van der Waals surface area contributed by atoms with E-state index in [1.165, 1.54) is 13.2 Å². The molecule has 0 aromatic heterocycles. The van der Waals surface area contributed by atoms with E-state index in [0.717, 1.165) is 0 Å². The first-order valence-electron chi connectivity index (χ1n) is 4.46. The van der Waals surface area contributed by atoms with Gasteiger partial charge in [0, 0.05) is 6.08 Å². The van der Waals surface area contributed by atoms with Crippen molar-refractivity contribution in [2.45, 2.75) is 6.92 Å². The van der Waals surface area contributed by atoms with Gasteiger partial charge in [0.15, 0.2) is 11.5 Å². The van der Waals surface area contributed by atoms with Crippen LogP contribution in [0.4, 0.5) is 0 Å². The van der Waals surface area contributed by atoms with Gasteiger partial charge in [0.05, 0.1) is 12.8 Å². The highest BCUT2D eigenvalue weighted by Crippen LogP contribution is 2.23. The summed E-state index contributed by atoms with van der Waals surface area (Å²) in [6.07, 6.45) is 2.95. The topological polar surface area (TPSA) is 71.2 Å². The highest BCUT2D eigenvalue weighted by molar-refractivity contribution is 6.21. The number of amidine groups is 1. The molecule has 0 fully saturated rings. The minimum absolute atomic E-state index is 0.0513. The Bertz CT molecular complexity index is 444. The third kappa shape index (κ3) is 1.56. The molecule has 0 saturated heterocycles. The smallest absolute Gasteiger partial charge is 0.260 e. The summed E-state index contributed by atoms with van der Waals surface area (Å²) in [5, 5.41) is 9.50. The second-order valence-corrected chi connectivity index (χ2v) is 3.28. The van der Waals surface area contributed by atoms with Crippen LogP contribution in [0.1, 0.15) is 6.92 Å². The number of rotatable bonds is 1. The number of hydrogen-bond acceptors (Lipinski definition) is 4. The van der Waals surface area contributed by atoms with Crippen LogP contribution in [0.5, 0.6) is 0 Å². The largest absolute Gasteiger partial charge is 0.504 e. The molecule has 0 spiro atoms. The van der Waals surface area contributed by atoms with Crippen molar-refractivity contribution < 1.29 is 14.6 Å². The molecular weight excluding hydrogens is 196 g/mol. The fourth-order valence-electron chi connectivity index (χ4n) is 1.53. The van der Waals surface area contributed by atoms with Gasteiger partial charge in [0.25, 0.3) is 5.91 Å². The SMILES string of the molecule is COC1=CC2=NC(C)=NC(=O)C2C=C1O. The zero-order valence-electron chi connectivity index (χ0n) is 8.39. The summed E-state index contributed by atoms with van der Waals surface area (Å²) in [6.45, 7) is 1.65. The first kappa shape index (κ1) is 9.64. The molecule has 5 nitrogen and oxygen atoms in total. The van der Waals surface area contributed by atoms with Crippen molar-refractivity contribution in [3.05, 3.63) is 23.7 Å². The van der Waals surface area contributed by atoms with Gasteiger partial charge in [0.1, 0.15) is 11.8 Å². The first-order chi connectivity index (χ1) is 7.11. The Kier molecular flexibility index (Phi) is 2.15. The number of aliphatic hydroxyl groups excluding tert-OH is 1. The van der Waals surface area contributed by atoms with Gasteiger partial charge in [-0.2, -0.15) is 4.99 Å². The molecule has 1 amide bonds. The van der Waals surface area contributed by atoms with Gasteiger partial charge in [-0.05, 0) is 13.0 Å².